The number of hydrogen-bond donors (Lipinski definition) is 1. The van der Waals surface area contributed by atoms with Crippen LogP contribution < -0.4 is 19.9 Å². The molecule has 0 aromatic heterocycles. The molecule has 8 heteroatoms. The predicted octanol–water partition coefficient (Wildman–Crippen LogP) is 2.40. The first-order chi connectivity index (χ1) is 16.2. The molecule has 0 aliphatic carbocycles. The van der Waals surface area contributed by atoms with Crippen molar-refractivity contribution in [1.82, 2.24) is 9.80 Å². The van der Waals surface area contributed by atoms with E-state index < -0.39 is 0 Å². The molecule has 33 heavy (non-hydrogen) atoms. The van der Waals surface area contributed by atoms with Gasteiger partial charge in [-0.3, -0.25) is 4.90 Å². The van der Waals surface area contributed by atoms with Crippen LogP contribution in [0.5, 0.6) is 17.2 Å². The van der Waals surface area contributed by atoms with Crippen LogP contribution in [0.1, 0.15) is 17.0 Å². The summed E-state index contributed by atoms with van der Waals surface area (Å²) in [5.41, 5.74) is 9.92. The van der Waals surface area contributed by atoms with Crippen molar-refractivity contribution in [2.75, 3.05) is 53.6 Å². The molecule has 0 bridgehead atoms. The minimum atomic E-state index is -0.356. The lowest BCUT2D eigenvalue weighted by atomic mass is 9.81. The predicted molar refractivity (Wildman–Crippen MR) is 126 cm³/mol. The molecule has 2 N–H and O–H groups in total. The number of benzene rings is 2. The Hall–Kier alpha value is -3.07. The van der Waals surface area contributed by atoms with Gasteiger partial charge in [-0.1, -0.05) is 24.3 Å². The van der Waals surface area contributed by atoms with Crippen molar-refractivity contribution < 1.29 is 18.9 Å². The Morgan fingerprint density at radius 1 is 1.03 bits per heavy atom. The summed E-state index contributed by atoms with van der Waals surface area (Å²) in [5.74, 6) is 2.63. The third kappa shape index (κ3) is 4.17. The molecule has 0 amide bonds. The quantitative estimate of drug-likeness (QED) is 0.724. The van der Waals surface area contributed by atoms with E-state index in [0.29, 0.717) is 17.4 Å². The van der Waals surface area contributed by atoms with Crippen molar-refractivity contribution in [3.8, 4) is 17.2 Å². The summed E-state index contributed by atoms with van der Waals surface area (Å²) in [6.07, 6.45) is 1.45. The molecule has 1 saturated heterocycles. The third-order valence-electron chi connectivity index (χ3n) is 6.51. The zero-order chi connectivity index (χ0) is 22.8. The van der Waals surface area contributed by atoms with E-state index in [1.54, 1.807) is 14.2 Å². The summed E-state index contributed by atoms with van der Waals surface area (Å²) in [6, 6.07) is 14.1. The van der Waals surface area contributed by atoms with Crippen LogP contribution in [0.4, 0.5) is 0 Å². The van der Waals surface area contributed by atoms with Crippen LogP contribution in [0.15, 0.2) is 58.9 Å². The van der Waals surface area contributed by atoms with Gasteiger partial charge in [0, 0.05) is 43.2 Å². The lowest BCUT2D eigenvalue weighted by Crippen LogP contribution is -2.51. The summed E-state index contributed by atoms with van der Waals surface area (Å²) in [7, 11) is 3.29. The molecule has 0 spiro atoms. The monoisotopic (exact) mass is 450 g/mol. The van der Waals surface area contributed by atoms with Crippen molar-refractivity contribution >= 4 is 6.34 Å². The third-order valence-corrected chi connectivity index (χ3v) is 6.51. The number of para-hydroxylation sites is 1. The minimum absolute atomic E-state index is 0.108. The highest BCUT2D eigenvalue weighted by Gasteiger charge is 2.38. The number of nitrogens with two attached hydrogens (primary N) is 1. The molecule has 3 heterocycles. The fourth-order valence-electron chi connectivity index (χ4n) is 4.71. The zero-order valence-corrected chi connectivity index (χ0v) is 19.1. The second-order valence-electron chi connectivity index (χ2n) is 8.33. The molecule has 3 aliphatic heterocycles. The normalized spacial score (nSPS) is 22.5. The molecular weight excluding hydrogens is 420 g/mol. The summed E-state index contributed by atoms with van der Waals surface area (Å²) in [5, 5.41) is 0. The SMILES string of the molecule is COc1ccc(C2C3=C(N=CN(CCN4CCOCC4)C3N)Oc3ccccc32)cc1OC. The number of methoxy groups -OCH3 is 2. The van der Waals surface area contributed by atoms with Crippen molar-refractivity contribution in [3.05, 3.63) is 65.0 Å². The smallest absolute Gasteiger partial charge is 0.224 e. The van der Waals surface area contributed by atoms with E-state index in [-0.39, 0.29) is 12.1 Å². The minimum Gasteiger partial charge on any atom is -0.493 e. The van der Waals surface area contributed by atoms with E-state index in [1.807, 2.05) is 36.7 Å². The summed E-state index contributed by atoms with van der Waals surface area (Å²) < 4.78 is 22.7. The van der Waals surface area contributed by atoms with E-state index in [4.69, 9.17) is 24.7 Å². The number of fused-ring (bicyclic) bond motifs is 1. The average Bonchev–Trinajstić information content (AvgIpc) is 2.87. The maximum atomic E-state index is 6.86. The Labute approximate surface area is 194 Å². The van der Waals surface area contributed by atoms with E-state index in [9.17, 15) is 0 Å². The van der Waals surface area contributed by atoms with Gasteiger partial charge in [-0.15, -0.1) is 0 Å². The first-order valence-electron chi connectivity index (χ1n) is 11.3. The number of rotatable bonds is 6. The molecule has 0 radical (unpaired) electrons. The molecule has 3 aliphatic rings. The molecule has 0 saturated carbocycles. The fourth-order valence-corrected chi connectivity index (χ4v) is 4.71. The Morgan fingerprint density at radius 3 is 2.61 bits per heavy atom. The number of hydrogen-bond acceptors (Lipinski definition) is 8. The molecule has 174 valence electrons. The van der Waals surface area contributed by atoms with E-state index in [2.05, 4.69) is 26.9 Å². The largest absolute Gasteiger partial charge is 0.493 e. The summed E-state index contributed by atoms with van der Waals surface area (Å²) in [6.45, 7) is 5.13. The van der Waals surface area contributed by atoms with Gasteiger partial charge >= 0.3 is 0 Å². The van der Waals surface area contributed by atoms with E-state index in [1.165, 1.54) is 0 Å². The van der Waals surface area contributed by atoms with Gasteiger partial charge in [0.25, 0.3) is 0 Å². The van der Waals surface area contributed by atoms with Crippen LogP contribution >= 0.6 is 0 Å². The highest BCUT2D eigenvalue weighted by Crippen LogP contribution is 2.46. The average molecular weight is 451 g/mol. The van der Waals surface area contributed by atoms with Crippen molar-refractivity contribution in [2.45, 2.75) is 12.1 Å². The van der Waals surface area contributed by atoms with Gasteiger partial charge in [-0.05, 0) is 23.8 Å². The Kier molecular flexibility index (Phi) is 6.22. The van der Waals surface area contributed by atoms with Crippen molar-refractivity contribution in [3.63, 3.8) is 0 Å². The number of ether oxygens (including phenoxy) is 4. The molecule has 2 unspecified atom stereocenters. The van der Waals surface area contributed by atoms with Crippen LogP contribution in [0, 0.1) is 0 Å². The van der Waals surface area contributed by atoms with Crippen LogP contribution in [0.2, 0.25) is 0 Å². The molecule has 1 fully saturated rings. The van der Waals surface area contributed by atoms with Gasteiger partial charge in [0.1, 0.15) is 11.9 Å². The lowest BCUT2D eigenvalue weighted by molar-refractivity contribution is 0.0352. The topological polar surface area (TPSA) is 81.8 Å². The Bertz CT molecular complexity index is 1060. The van der Waals surface area contributed by atoms with Crippen LogP contribution in [-0.2, 0) is 4.74 Å². The van der Waals surface area contributed by atoms with Gasteiger partial charge in [0.05, 0.1) is 33.8 Å². The highest BCUT2D eigenvalue weighted by molar-refractivity contribution is 5.64. The second kappa shape index (κ2) is 9.43. The summed E-state index contributed by atoms with van der Waals surface area (Å²) >= 11 is 0. The van der Waals surface area contributed by atoms with Crippen molar-refractivity contribution in [2.24, 2.45) is 10.7 Å². The number of morpholine rings is 1. The highest BCUT2D eigenvalue weighted by atomic mass is 16.5. The van der Waals surface area contributed by atoms with Crippen LogP contribution in [0.3, 0.4) is 0 Å². The van der Waals surface area contributed by atoms with Gasteiger partial charge in [0.2, 0.25) is 5.88 Å². The number of aliphatic imine (C=N–C) groups is 1. The molecule has 2 atom stereocenters. The molecular formula is C25H30N4O4. The maximum Gasteiger partial charge on any atom is 0.224 e. The molecule has 2 aromatic rings. The van der Waals surface area contributed by atoms with E-state index >= 15 is 0 Å². The first-order valence-corrected chi connectivity index (χ1v) is 11.3. The number of nitrogens with zero attached hydrogens (tertiary/aromatic N) is 3. The first kappa shape index (κ1) is 21.8. The van der Waals surface area contributed by atoms with Crippen LogP contribution in [-0.4, -0.2) is 75.9 Å². The Morgan fingerprint density at radius 2 is 1.82 bits per heavy atom. The maximum absolute atomic E-state index is 6.86. The fraction of sp³-hybridized carbons (Fsp3) is 0.400. The van der Waals surface area contributed by atoms with Gasteiger partial charge in [-0.2, -0.15) is 0 Å². The van der Waals surface area contributed by atoms with Crippen LogP contribution in [0.25, 0.3) is 0 Å². The zero-order valence-electron chi connectivity index (χ0n) is 19.1. The molecule has 2 aromatic carbocycles. The molecule has 5 rings (SSSR count). The van der Waals surface area contributed by atoms with Crippen molar-refractivity contribution in [1.29, 1.82) is 0 Å². The summed E-state index contributed by atoms with van der Waals surface area (Å²) in [4.78, 5) is 9.17. The van der Waals surface area contributed by atoms with Gasteiger partial charge in [0.15, 0.2) is 11.5 Å². The van der Waals surface area contributed by atoms with E-state index in [0.717, 1.165) is 61.8 Å². The standard InChI is InChI=1S/C25H30N4O4/c1-30-20-8-7-17(15-21(20)31-2)22-18-5-3-4-6-19(18)33-25-23(22)24(26)29(16-27-25)10-9-28-11-13-32-14-12-28/h3-8,15-16,22,24H,9-14,26H2,1-2H3. The lowest BCUT2D eigenvalue weighted by Gasteiger charge is -2.40. The van der Waals surface area contributed by atoms with Gasteiger partial charge < -0.3 is 29.6 Å². The Balaban J connectivity index is 1.48. The van der Waals surface area contributed by atoms with Gasteiger partial charge in [-0.25, -0.2) is 4.99 Å². The second-order valence-corrected chi connectivity index (χ2v) is 8.33. The molecule has 8 nitrogen and oxygen atoms in total.